The van der Waals surface area contributed by atoms with Crippen LogP contribution in [0.4, 0.5) is 4.39 Å². The van der Waals surface area contributed by atoms with Gasteiger partial charge < -0.3 is 10.6 Å². The molecule has 0 aliphatic carbocycles. The average Bonchev–Trinajstić information content (AvgIpc) is 2.52. The highest BCUT2D eigenvalue weighted by Crippen LogP contribution is 2.06. The van der Waals surface area contributed by atoms with Crippen molar-refractivity contribution in [3.05, 3.63) is 65.2 Å². The van der Waals surface area contributed by atoms with Gasteiger partial charge in [0.05, 0.1) is 12.2 Å². The van der Waals surface area contributed by atoms with E-state index in [0.29, 0.717) is 31.0 Å². The molecule has 0 fully saturated rings. The minimum atomic E-state index is -0.170. The number of benzene rings is 1. The maximum atomic E-state index is 13.5. The Morgan fingerprint density at radius 1 is 1.13 bits per heavy atom. The first-order chi connectivity index (χ1) is 10.7. The first kappa shape index (κ1) is 19.3. The maximum absolute atomic E-state index is 13.5. The summed E-state index contributed by atoms with van der Waals surface area (Å²) in [6.45, 7) is 3.17. The second-order valence-electron chi connectivity index (χ2n) is 4.96. The number of aryl methyl sites for hydroxylation is 1. The molecule has 0 spiro atoms. The van der Waals surface area contributed by atoms with E-state index in [4.69, 9.17) is 0 Å². The van der Waals surface area contributed by atoms with Crippen molar-refractivity contribution in [2.24, 2.45) is 4.99 Å². The van der Waals surface area contributed by atoms with Crippen LogP contribution in [0.3, 0.4) is 0 Å². The Kier molecular flexibility index (Phi) is 8.53. The molecule has 2 N–H and O–H groups in total. The largest absolute Gasteiger partial charge is 0.356 e. The van der Waals surface area contributed by atoms with Crippen molar-refractivity contribution in [2.75, 3.05) is 13.6 Å². The molecule has 2 rings (SSSR count). The summed E-state index contributed by atoms with van der Waals surface area (Å²) < 4.78 is 13.5. The second-order valence-corrected chi connectivity index (χ2v) is 4.96. The number of rotatable bonds is 5. The van der Waals surface area contributed by atoms with E-state index in [2.05, 4.69) is 20.6 Å². The summed E-state index contributed by atoms with van der Waals surface area (Å²) >= 11 is 0. The monoisotopic (exact) mass is 428 g/mol. The van der Waals surface area contributed by atoms with Crippen LogP contribution in [0.25, 0.3) is 0 Å². The number of nitrogens with zero attached hydrogens (tertiary/aromatic N) is 2. The Labute approximate surface area is 153 Å². The first-order valence-electron chi connectivity index (χ1n) is 7.29. The summed E-state index contributed by atoms with van der Waals surface area (Å²) in [4.78, 5) is 8.58. The van der Waals surface area contributed by atoms with Crippen LogP contribution in [0.1, 0.15) is 17.0 Å². The van der Waals surface area contributed by atoms with E-state index < -0.39 is 0 Å². The van der Waals surface area contributed by atoms with Gasteiger partial charge >= 0.3 is 0 Å². The lowest BCUT2D eigenvalue weighted by molar-refractivity contribution is 0.606. The number of pyridine rings is 1. The van der Waals surface area contributed by atoms with Gasteiger partial charge in [0, 0.05) is 19.3 Å². The lowest BCUT2D eigenvalue weighted by atomic mass is 10.1. The van der Waals surface area contributed by atoms with Crippen molar-refractivity contribution in [2.45, 2.75) is 19.9 Å². The molecule has 0 bridgehead atoms. The van der Waals surface area contributed by atoms with E-state index in [1.54, 1.807) is 19.2 Å². The lowest BCUT2D eigenvalue weighted by Gasteiger charge is -2.12. The summed E-state index contributed by atoms with van der Waals surface area (Å²) in [5.41, 5.74) is 2.64. The van der Waals surface area contributed by atoms with E-state index in [0.717, 1.165) is 11.4 Å². The molecule has 0 aliphatic rings. The summed E-state index contributed by atoms with van der Waals surface area (Å²) in [6.07, 6.45) is 0.607. The highest BCUT2D eigenvalue weighted by molar-refractivity contribution is 14.0. The normalized spacial score (nSPS) is 10.8. The molecule has 0 radical (unpaired) electrons. The summed E-state index contributed by atoms with van der Waals surface area (Å²) in [7, 11) is 1.71. The van der Waals surface area contributed by atoms with Gasteiger partial charge in [-0.15, -0.1) is 24.0 Å². The van der Waals surface area contributed by atoms with Crippen molar-refractivity contribution in [3.8, 4) is 0 Å². The molecule has 2 aromatic rings. The van der Waals surface area contributed by atoms with Crippen LogP contribution in [-0.2, 0) is 13.0 Å². The molecule has 6 heteroatoms. The van der Waals surface area contributed by atoms with E-state index >= 15 is 0 Å². The fourth-order valence-corrected chi connectivity index (χ4v) is 2.11. The molecule has 0 saturated carbocycles. The Bertz CT molecular complexity index is 646. The quantitative estimate of drug-likeness (QED) is 0.438. The van der Waals surface area contributed by atoms with Crippen molar-refractivity contribution in [1.82, 2.24) is 15.6 Å². The van der Waals surface area contributed by atoms with Gasteiger partial charge in [-0.05, 0) is 37.1 Å². The van der Waals surface area contributed by atoms with Crippen LogP contribution in [0.15, 0.2) is 47.5 Å². The predicted octanol–water partition coefficient (Wildman–Crippen LogP) is 3.05. The van der Waals surface area contributed by atoms with Gasteiger partial charge in [0.25, 0.3) is 0 Å². The zero-order chi connectivity index (χ0) is 15.8. The third-order valence-electron chi connectivity index (χ3n) is 3.25. The molecule has 4 nitrogen and oxygen atoms in total. The molecule has 1 aromatic heterocycles. The van der Waals surface area contributed by atoms with E-state index in [1.807, 2.05) is 31.2 Å². The number of aliphatic imine (C=N–C) groups is 1. The molecular weight excluding hydrogens is 406 g/mol. The van der Waals surface area contributed by atoms with Gasteiger partial charge in [0.15, 0.2) is 5.96 Å². The molecule has 0 aliphatic heterocycles. The standard InChI is InChI=1S/C17H21FN4.HI/c1-13-6-5-8-15(22-13)12-21-17(19-2)20-11-10-14-7-3-4-9-16(14)18;/h3-9H,10-12H2,1-2H3,(H2,19,20,21);1H. The van der Waals surface area contributed by atoms with E-state index in [-0.39, 0.29) is 29.8 Å². The number of hydrogen-bond donors (Lipinski definition) is 2. The van der Waals surface area contributed by atoms with Crippen molar-refractivity contribution >= 4 is 29.9 Å². The zero-order valence-electron chi connectivity index (χ0n) is 13.3. The van der Waals surface area contributed by atoms with Crippen molar-refractivity contribution in [1.29, 1.82) is 0 Å². The topological polar surface area (TPSA) is 49.3 Å². The summed E-state index contributed by atoms with van der Waals surface area (Å²) in [6, 6.07) is 12.7. The third-order valence-corrected chi connectivity index (χ3v) is 3.25. The minimum absolute atomic E-state index is 0. The molecule has 124 valence electrons. The lowest BCUT2D eigenvalue weighted by Crippen LogP contribution is -2.38. The van der Waals surface area contributed by atoms with Crippen LogP contribution in [0.5, 0.6) is 0 Å². The molecule has 0 saturated heterocycles. The maximum Gasteiger partial charge on any atom is 0.191 e. The summed E-state index contributed by atoms with van der Waals surface area (Å²) in [5, 5.41) is 6.37. The van der Waals surface area contributed by atoms with Crippen molar-refractivity contribution in [3.63, 3.8) is 0 Å². The molecular formula is C17H22FIN4. The van der Waals surface area contributed by atoms with Crippen LogP contribution in [0, 0.1) is 12.7 Å². The SMILES string of the molecule is CN=C(NCCc1ccccc1F)NCc1cccc(C)n1.I. The molecule has 23 heavy (non-hydrogen) atoms. The number of aromatic nitrogens is 1. The smallest absolute Gasteiger partial charge is 0.191 e. The van der Waals surface area contributed by atoms with Gasteiger partial charge in [-0.2, -0.15) is 0 Å². The molecule has 0 amide bonds. The highest BCUT2D eigenvalue weighted by atomic mass is 127. The Morgan fingerprint density at radius 2 is 1.91 bits per heavy atom. The number of hydrogen-bond acceptors (Lipinski definition) is 2. The Morgan fingerprint density at radius 3 is 2.61 bits per heavy atom. The molecule has 0 atom stereocenters. The van der Waals surface area contributed by atoms with Gasteiger partial charge in [-0.25, -0.2) is 4.39 Å². The van der Waals surface area contributed by atoms with Crippen LogP contribution in [-0.4, -0.2) is 24.5 Å². The third kappa shape index (κ3) is 6.52. The molecule has 1 aromatic carbocycles. The predicted molar refractivity (Wildman–Crippen MR) is 103 cm³/mol. The fraction of sp³-hybridized carbons (Fsp3) is 0.294. The zero-order valence-corrected chi connectivity index (χ0v) is 15.7. The van der Waals surface area contributed by atoms with Gasteiger partial charge in [0.1, 0.15) is 5.82 Å². The van der Waals surface area contributed by atoms with Crippen LogP contribution >= 0.6 is 24.0 Å². The second kappa shape index (κ2) is 10.1. The van der Waals surface area contributed by atoms with E-state index in [9.17, 15) is 4.39 Å². The molecule has 0 unspecified atom stereocenters. The minimum Gasteiger partial charge on any atom is -0.356 e. The summed E-state index contributed by atoms with van der Waals surface area (Å²) in [5.74, 6) is 0.510. The van der Waals surface area contributed by atoms with Gasteiger partial charge in [0.2, 0.25) is 0 Å². The van der Waals surface area contributed by atoms with Crippen molar-refractivity contribution < 1.29 is 4.39 Å². The molecule has 1 heterocycles. The van der Waals surface area contributed by atoms with Gasteiger partial charge in [-0.1, -0.05) is 24.3 Å². The highest BCUT2D eigenvalue weighted by Gasteiger charge is 2.02. The number of guanidine groups is 1. The number of nitrogens with one attached hydrogen (secondary N) is 2. The number of halogens is 2. The first-order valence-corrected chi connectivity index (χ1v) is 7.29. The van der Waals surface area contributed by atoms with E-state index in [1.165, 1.54) is 6.07 Å². The average molecular weight is 428 g/mol. The Hall–Kier alpha value is -1.70. The van der Waals surface area contributed by atoms with Crippen LogP contribution < -0.4 is 10.6 Å². The fourth-order valence-electron chi connectivity index (χ4n) is 2.11. The van der Waals surface area contributed by atoms with Crippen LogP contribution in [0.2, 0.25) is 0 Å². The Balaban J connectivity index is 0.00000264. The van der Waals surface area contributed by atoms with Gasteiger partial charge in [-0.3, -0.25) is 9.98 Å².